The highest BCUT2D eigenvalue weighted by Crippen LogP contribution is 2.45. The molecule has 5 nitrogen and oxygen atoms in total. The summed E-state index contributed by atoms with van der Waals surface area (Å²) in [6.45, 7) is 2.20. The van der Waals surface area contributed by atoms with E-state index < -0.39 is 0 Å². The molecule has 1 aliphatic rings. The molecule has 0 amide bonds. The van der Waals surface area contributed by atoms with Gasteiger partial charge in [0.25, 0.3) is 0 Å². The molecule has 3 atom stereocenters. The third kappa shape index (κ3) is 1.78. The second-order valence-corrected chi connectivity index (χ2v) is 3.93. The van der Waals surface area contributed by atoms with Crippen LogP contribution >= 0.6 is 0 Å². The van der Waals surface area contributed by atoms with E-state index in [1.165, 1.54) is 0 Å². The zero-order valence-corrected chi connectivity index (χ0v) is 8.18. The van der Waals surface area contributed by atoms with Crippen LogP contribution in [-0.2, 0) is 0 Å². The van der Waals surface area contributed by atoms with Gasteiger partial charge in [-0.1, -0.05) is 12.1 Å². The Morgan fingerprint density at radius 3 is 3.00 bits per heavy atom. The Hall–Kier alpha value is -0.940. The predicted molar refractivity (Wildman–Crippen MR) is 49.5 cm³/mol. The maximum atomic E-state index is 8.70. The van der Waals surface area contributed by atoms with Crippen molar-refractivity contribution in [2.24, 2.45) is 11.7 Å². The summed E-state index contributed by atoms with van der Waals surface area (Å²) in [5, 5.41) is 12.6. The molecule has 3 N–H and O–H groups in total. The number of aliphatic hydroxyl groups excluding tert-OH is 1. The lowest BCUT2D eigenvalue weighted by atomic mass is 10.2. The summed E-state index contributed by atoms with van der Waals surface area (Å²) in [6.07, 6.45) is 1.59. The predicted octanol–water partition coefficient (Wildman–Crippen LogP) is 0.575. The molecule has 0 spiro atoms. The summed E-state index contributed by atoms with van der Waals surface area (Å²) in [4.78, 5) is 4.23. The van der Waals surface area contributed by atoms with Crippen LogP contribution in [0.4, 0.5) is 0 Å². The number of nitrogens with two attached hydrogens (primary N) is 1. The van der Waals surface area contributed by atoms with Gasteiger partial charge in [0, 0.05) is 12.5 Å². The van der Waals surface area contributed by atoms with Gasteiger partial charge in [0.15, 0.2) is 5.82 Å². The third-order valence-corrected chi connectivity index (χ3v) is 2.66. The lowest BCUT2D eigenvalue weighted by molar-refractivity contribution is 0.259. The Morgan fingerprint density at radius 1 is 1.71 bits per heavy atom. The van der Waals surface area contributed by atoms with Crippen molar-refractivity contribution in [1.29, 1.82) is 0 Å². The molecule has 1 aromatic heterocycles. The Labute approximate surface area is 82.3 Å². The van der Waals surface area contributed by atoms with E-state index in [4.69, 9.17) is 15.4 Å². The molecule has 1 heterocycles. The highest BCUT2D eigenvalue weighted by atomic mass is 16.5. The first-order chi connectivity index (χ1) is 6.72. The van der Waals surface area contributed by atoms with Crippen molar-refractivity contribution in [1.82, 2.24) is 10.1 Å². The summed E-state index contributed by atoms with van der Waals surface area (Å²) in [5.41, 5.74) is 5.72. The van der Waals surface area contributed by atoms with Gasteiger partial charge in [0.1, 0.15) is 0 Å². The Morgan fingerprint density at radius 2 is 2.43 bits per heavy atom. The van der Waals surface area contributed by atoms with Crippen molar-refractivity contribution in [3.05, 3.63) is 11.7 Å². The van der Waals surface area contributed by atoms with Gasteiger partial charge in [0.05, 0.1) is 6.04 Å². The van der Waals surface area contributed by atoms with Gasteiger partial charge in [-0.2, -0.15) is 4.98 Å². The summed E-state index contributed by atoms with van der Waals surface area (Å²) in [5.74, 6) is 2.32. The first kappa shape index (κ1) is 9.61. The van der Waals surface area contributed by atoms with Crippen LogP contribution in [0, 0.1) is 5.92 Å². The lowest BCUT2D eigenvalue weighted by Gasteiger charge is -2.01. The molecule has 1 fully saturated rings. The SMILES string of the molecule is CC1CC1c1noc(C(N)CCO)n1. The van der Waals surface area contributed by atoms with Gasteiger partial charge in [-0.3, -0.25) is 0 Å². The molecule has 5 heteroatoms. The smallest absolute Gasteiger partial charge is 0.243 e. The van der Waals surface area contributed by atoms with Crippen molar-refractivity contribution >= 4 is 0 Å². The molecule has 0 aliphatic heterocycles. The maximum Gasteiger partial charge on any atom is 0.243 e. The van der Waals surface area contributed by atoms with Crippen molar-refractivity contribution in [3.63, 3.8) is 0 Å². The fourth-order valence-electron chi connectivity index (χ4n) is 1.49. The molecule has 2 rings (SSSR count). The van der Waals surface area contributed by atoms with Crippen molar-refractivity contribution < 1.29 is 9.63 Å². The zero-order valence-electron chi connectivity index (χ0n) is 8.18. The van der Waals surface area contributed by atoms with Crippen molar-refractivity contribution in [2.75, 3.05) is 6.61 Å². The Balaban J connectivity index is 2.02. The first-order valence-corrected chi connectivity index (χ1v) is 4.92. The molecule has 0 saturated heterocycles. The number of hydrogen-bond acceptors (Lipinski definition) is 5. The number of nitrogens with zero attached hydrogens (tertiary/aromatic N) is 2. The molecule has 0 aromatic carbocycles. The summed E-state index contributed by atoms with van der Waals surface area (Å²) < 4.78 is 5.03. The summed E-state index contributed by atoms with van der Waals surface area (Å²) in [6, 6.07) is -0.338. The Bertz CT molecular complexity index is 313. The van der Waals surface area contributed by atoms with E-state index in [0.29, 0.717) is 24.1 Å². The molecule has 1 aromatic rings. The molecule has 3 unspecified atom stereocenters. The number of rotatable bonds is 4. The summed E-state index contributed by atoms with van der Waals surface area (Å²) >= 11 is 0. The Kier molecular flexibility index (Phi) is 2.52. The van der Waals surface area contributed by atoms with E-state index in [9.17, 15) is 0 Å². The van der Waals surface area contributed by atoms with E-state index in [1.54, 1.807) is 0 Å². The highest BCUT2D eigenvalue weighted by molar-refractivity contribution is 5.08. The number of hydrogen-bond donors (Lipinski definition) is 2. The van der Waals surface area contributed by atoms with Crippen LogP contribution in [0.25, 0.3) is 0 Å². The van der Waals surface area contributed by atoms with Gasteiger partial charge >= 0.3 is 0 Å². The van der Waals surface area contributed by atoms with Crippen LogP contribution in [0.3, 0.4) is 0 Å². The van der Waals surface area contributed by atoms with Crippen LogP contribution in [0.15, 0.2) is 4.52 Å². The average molecular weight is 197 g/mol. The standard InChI is InChI=1S/C9H15N3O2/c1-5-4-6(5)8-11-9(14-12-8)7(10)2-3-13/h5-7,13H,2-4,10H2,1H3. The van der Waals surface area contributed by atoms with Crippen LogP contribution in [-0.4, -0.2) is 21.9 Å². The molecule has 1 saturated carbocycles. The third-order valence-electron chi connectivity index (χ3n) is 2.66. The fourth-order valence-corrected chi connectivity index (χ4v) is 1.49. The molecule has 78 valence electrons. The van der Waals surface area contributed by atoms with Gasteiger partial charge in [-0.25, -0.2) is 0 Å². The number of aliphatic hydroxyl groups is 1. The average Bonchev–Trinajstić information content (AvgIpc) is 2.70. The fraction of sp³-hybridized carbons (Fsp3) is 0.778. The molecule has 1 aliphatic carbocycles. The maximum absolute atomic E-state index is 8.70. The van der Waals surface area contributed by atoms with E-state index in [0.717, 1.165) is 12.2 Å². The van der Waals surface area contributed by atoms with E-state index in [1.807, 2.05) is 0 Å². The van der Waals surface area contributed by atoms with Crippen molar-refractivity contribution in [2.45, 2.75) is 31.7 Å². The van der Waals surface area contributed by atoms with Crippen LogP contribution in [0.5, 0.6) is 0 Å². The minimum absolute atomic E-state index is 0.0404. The van der Waals surface area contributed by atoms with E-state index in [-0.39, 0.29) is 12.6 Å². The minimum Gasteiger partial charge on any atom is -0.396 e. The molecule has 0 radical (unpaired) electrons. The lowest BCUT2D eigenvalue weighted by Crippen LogP contribution is -2.12. The normalized spacial score (nSPS) is 27.6. The van der Waals surface area contributed by atoms with Gasteiger partial charge in [-0.05, 0) is 18.8 Å². The monoisotopic (exact) mass is 197 g/mol. The molecular weight excluding hydrogens is 182 g/mol. The second kappa shape index (κ2) is 3.67. The van der Waals surface area contributed by atoms with Crippen LogP contribution in [0.1, 0.15) is 43.4 Å². The minimum atomic E-state index is -0.338. The zero-order chi connectivity index (χ0) is 10.1. The topological polar surface area (TPSA) is 85.2 Å². The van der Waals surface area contributed by atoms with Gasteiger partial charge in [-0.15, -0.1) is 0 Å². The quantitative estimate of drug-likeness (QED) is 0.737. The first-order valence-electron chi connectivity index (χ1n) is 4.92. The van der Waals surface area contributed by atoms with E-state index >= 15 is 0 Å². The van der Waals surface area contributed by atoms with Crippen LogP contribution < -0.4 is 5.73 Å². The summed E-state index contributed by atoms with van der Waals surface area (Å²) in [7, 11) is 0. The van der Waals surface area contributed by atoms with Gasteiger partial charge in [0.2, 0.25) is 5.89 Å². The molecular formula is C9H15N3O2. The van der Waals surface area contributed by atoms with Crippen molar-refractivity contribution in [3.8, 4) is 0 Å². The van der Waals surface area contributed by atoms with Gasteiger partial charge < -0.3 is 15.4 Å². The largest absolute Gasteiger partial charge is 0.396 e. The second-order valence-electron chi connectivity index (χ2n) is 3.93. The van der Waals surface area contributed by atoms with E-state index in [2.05, 4.69) is 17.1 Å². The molecule has 0 bridgehead atoms. The molecule has 14 heavy (non-hydrogen) atoms. The number of aromatic nitrogens is 2. The van der Waals surface area contributed by atoms with Crippen LogP contribution in [0.2, 0.25) is 0 Å². The highest BCUT2D eigenvalue weighted by Gasteiger charge is 2.38.